The van der Waals surface area contributed by atoms with Crippen molar-refractivity contribution in [2.24, 2.45) is 0 Å². The van der Waals surface area contributed by atoms with Crippen LogP contribution in [-0.2, 0) is 10.0 Å². The predicted octanol–water partition coefficient (Wildman–Crippen LogP) is 0.625. The van der Waals surface area contributed by atoms with E-state index in [4.69, 9.17) is 11.6 Å². The maximum Gasteiger partial charge on any atom is 0.242 e. The molecule has 5 nitrogen and oxygen atoms in total. The zero-order valence-electron chi connectivity index (χ0n) is 10.1. The molecule has 1 unspecified atom stereocenters. The van der Waals surface area contributed by atoms with Crippen LogP contribution in [0, 0.1) is 11.8 Å². The maximum atomic E-state index is 11.9. The number of likely N-dealkylation sites (N-methyl/N-ethyl adjacent to an activating group) is 1. The Kier molecular flexibility index (Phi) is 5.56. The summed E-state index contributed by atoms with van der Waals surface area (Å²) in [4.78, 5) is 3.81. The van der Waals surface area contributed by atoms with Crippen molar-refractivity contribution >= 4 is 21.6 Å². The minimum absolute atomic E-state index is 0.0752. The summed E-state index contributed by atoms with van der Waals surface area (Å²) in [6, 6.07) is 2.60. The van der Waals surface area contributed by atoms with Gasteiger partial charge in [-0.15, -0.1) is 5.92 Å². The standard InChI is InChI=1S/C11H14ClN3O2S/c1-3-4-9(13-2)7-15-18(16,17)10-5-6-11(12)14-8-10/h5-6,8-9,13,15H,7H2,1-2H3. The maximum absolute atomic E-state index is 11.9. The average molecular weight is 288 g/mol. The molecule has 0 aliphatic heterocycles. The minimum atomic E-state index is -3.58. The molecule has 98 valence electrons. The lowest BCUT2D eigenvalue weighted by Gasteiger charge is -2.11. The van der Waals surface area contributed by atoms with Gasteiger partial charge in [-0.25, -0.2) is 18.1 Å². The lowest BCUT2D eigenvalue weighted by atomic mass is 10.3. The predicted molar refractivity (Wildman–Crippen MR) is 70.7 cm³/mol. The first kappa shape index (κ1) is 14.9. The summed E-state index contributed by atoms with van der Waals surface area (Å²) in [7, 11) is -1.86. The lowest BCUT2D eigenvalue weighted by Crippen LogP contribution is -2.38. The molecule has 0 radical (unpaired) electrons. The molecule has 0 aliphatic carbocycles. The van der Waals surface area contributed by atoms with E-state index >= 15 is 0 Å². The quantitative estimate of drug-likeness (QED) is 0.615. The molecular formula is C11H14ClN3O2S. The van der Waals surface area contributed by atoms with E-state index in [2.05, 4.69) is 26.9 Å². The van der Waals surface area contributed by atoms with Gasteiger partial charge in [-0.3, -0.25) is 0 Å². The van der Waals surface area contributed by atoms with Crippen LogP contribution in [0.25, 0.3) is 0 Å². The van der Waals surface area contributed by atoms with E-state index in [1.54, 1.807) is 14.0 Å². The number of rotatable bonds is 5. The highest BCUT2D eigenvalue weighted by atomic mass is 35.5. The van der Waals surface area contributed by atoms with Crippen molar-refractivity contribution in [3.8, 4) is 11.8 Å². The molecule has 1 rings (SSSR count). The average Bonchev–Trinajstić information content (AvgIpc) is 2.35. The molecule has 0 saturated carbocycles. The minimum Gasteiger partial charge on any atom is -0.306 e. The number of aromatic nitrogens is 1. The van der Waals surface area contributed by atoms with Crippen molar-refractivity contribution in [1.29, 1.82) is 0 Å². The van der Waals surface area contributed by atoms with E-state index < -0.39 is 10.0 Å². The van der Waals surface area contributed by atoms with Crippen molar-refractivity contribution in [2.75, 3.05) is 13.6 Å². The first-order valence-electron chi connectivity index (χ1n) is 5.20. The van der Waals surface area contributed by atoms with Crippen molar-refractivity contribution in [3.63, 3.8) is 0 Å². The Morgan fingerprint density at radius 3 is 2.72 bits per heavy atom. The Balaban J connectivity index is 2.75. The molecule has 0 aliphatic rings. The lowest BCUT2D eigenvalue weighted by molar-refractivity contribution is 0.570. The number of nitrogens with one attached hydrogen (secondary N) is 2. The molecule has 0 saturated heterocycles. The SMILES string of the molecule is CC#CC(CNS(=O)(=O)c1ccc(Cl)nc1)NC. The second-order valence-corrected chi connectivity index (χ2v) is 5.56. The molecule has 7 heteroatoms. The summed E-state index contributed by atoms with van der Waals surface area (Å²) in [6.45, 7) is 1.88. The van der Waals surface area contributed by atoms with Crippen LogP contribution >= 0.6 is 11.6 Å². The molecule has 2 N–H and O–H groups in total. The van der Waals surface area contributed by atoms with Crippen LogP contribution in [0.15, 0.2) is 23.2 Å². The Hall–Kier alpha value is -1.13. The summed E-state index contributed by atoms with van der Waals surface area (Å²) in [5, 5.41) is 3.15. The van der Waals surface area contributed by atoms with Crippen molar-refractivity contribution in [2.45, 2.75) is 17.9 Å². The molecule has 1 aromatic rings. The zero-order chi connectivity index (χ0) is 13.6. The molecule has 1 atom stereocenters. The molecule has 1 heterocycles. The number of hydrogen-bond acceptors (Lipinski definition) is 4. The number of hydrogen-bond donors (Lipinski definition) is 2. The monoisotopic (exact) mass is 287 g/mol. The highest BCUT2D eigenvalue weighted by Crippen LogP contribution is 2.10. The molecule has 0 spiro atoms. The third-order valence-electron chi connectivity index (χ3n) is 2.16. The normalized spacial score (nSPS) is 12.6. The van der Waals surface area contributed by atoms with Crippen LogP contribution in [-0.4, -0.2) is 33.0 Å². The van der Waals surface area contributed by atoms with Crippen LogP contribution in [0.3, 0.4) is 0 Å². The smallest absolute Gasteiger partial charge is 0.242 e. The second kappa shape index (κ2) is 6.71. The summed E-state index contributed by atoms with van der Waals surface area (Å²) in [5.41, 5.74) is 0. The van der Waals surface area contributed by atoms with Gasteiger partial charge in [-0.1, -0.05) is 17.5 Å². The van der Waals surface area contributed by atoms with E-state index in [1.165, 1.54) is 18.3 Å². The van der Waals surface area contributed by atoms with Gasteiger partial charge >= 0.3 is 0 Å². The summed E-state index contributed by atoms with van der Waals surface area (Å²) in [5.74, 6) is 5.57. The Labute approximate surface area is 112 Å². The largest absolute Gasteiger partial charge is 0.306 e. The van der Waals surface area contributed by atoms with Crippen LogP contribution in [0.1, 0.15) is 6.92 Å². The summed E-state index contributed by atoms with van der Waals surface area (Å²) >= 11 is 5.60. The van der Waals surface area contributed by atoms with Crippen LogP contribution in [0.4, 0.5) is 0 Å². The van der Waals surface area contributed by atoms with E-state index in [0.29, 0.717) is 0 Å². The van der Waals surface area contributed by atoms with Crippen molar-refractivity contribution < 1.29 is 8.42 Å². The summed E-state index contributed by atoms with van der Waals surface area (Å²) in [6.07, 6.45) is 1.21. The first-order chi connectivity index (χ1) is 8.49. The van der Waals surface area contributed by atoms with E-state index in [1.807, 2.05) is 0 Å². The molecule has 0 aromatic carbocycles. The van der Waals surface area contributed by atoms with Gasteiger partial charge in [-0.2, -0.15) is 0 Å². The van der Waals surface area contributed by atoms with Crippen LogP contribution in [0.5, 0.6) is 0 Å². The van der Waals surface area contributed by atoms with E-state index in [0.717, 1.165) is 0 Å². The topological polar surface area (TPSA) is 71.1 Å². The number of nitrogens with zero attached hydrogens (tertiary/aromatic N) is 1. The fraction of sp³-hybridized carbons (Fsp3) is 0.364. The number of sulfonamides is 1. The Bertz CT molecular complexity index is 546. The van der Waals surface area contributed by atoms with Gasteiger partial charge in [-0.05, 0) is 26.1 Å². The van der Waals surface area contributed by atoms with Gasteiger partial charge in [0.05, 0.1) is 6.04 Å². The van der Waals surface area contributed by atoms with Gasteiger partial charge in [0.1, 0.15) is 10.0 Å². The van der Waals surface area contributed by atoms with Crippen molar-refractivity contribution in [3.05, 3.63) is 23.5 Å². The van der Waals surface area contributed by atoms with Gasteiger partial charge in [0.2, 0.25) is 10.0 Å². The molecule has 0 amide bonds. The van der Waals surface area contributed by atoms with Gasteiger partial charge < -0.3 is 5.32 Å². The molecule has 0 bridgehead atoms. The van der Waals surface area contributed by atoms with E-state index in [9.17, 15) is 8.42 Å². The second-order valence-electron chi connectivity index (χ2n) is 3.40. The third-order valence-corrected chi connectivity index (χ3v) is 3.79. The summed E-state index contributed by atoms with van der Waals surface area (Å²) < 4.78 is 26.3. The van der Waals surface area contributed by atoms with Crippen LogP contribution in [0.2, 0.25) is 5.15 Å². The van der Waals surface area contributed by atoms with Crippen molar-refractivity contribution in [1.82, 2.24) is 15.0 Å². The first-order valence-corrected chi connectivity index (χ1v) is 7.06. The highest BCUT2D eigenvalue weighted by molar-refractivity contribution is 7.89. The molecule has 0 fully saturated rings. The molecule has 1 aromatic heterocycles. The van der Waals surface area contributed by atoms with Gasteiger partial charge in [0.25, 0.3) is 0 Å². The van der Waals surface area contributed by atoms with Gasteiger partial charge in [0, 0.05) is 12.7 Å². The Morgan fingerprint density at radius 1 is 1.50 bits per heavy atom. The number of halogens is 1. The molecular weight excluding hydrogens is 274 g/mol. The zero-order valence-corrected chi connectivity index (χ0v) is 11.6. The molecule has 18 heavy (non-hydrogen) atoms. The number of pyridine rings is 1. The fourth-order valence-electron chi connectivity index (χ4n) is 1.20. The van der Waals surface area contributed by atoms with Gasteiger partial charge in [0.15, 0.2) is 0 Å². The van der Waals surface area contributed by atoms with E-state index in [-0.39, 0.29) is 22.6 Å². The third kappa shape index (κ3) is 4.27. The fourth-order valence-corrected chi connectivity index (χ4v) is 2.30. The van der Waals surface area contributed by atoms with Crippen LogP contribution < -0.4 is 10.0 Å². The highest BCUT2D eigenvalue weighted by Gasteiger charge is 2.15. The Morgan fingerprint density at radius 2 is 2.22 bits per heavy atom.